The number of Topliss-reactive ketones (excluding diaryl/α,β-unsaturated/α-hetero) is 1. The first-order chi connectivity index (χ1) is 13.0. The quantitative estimate of drug-likeness (QED) is 0.660. The summed E-state index contributed by atoms with van der Waals surface area (Å²) in [6, 6.07) is 9.63. The molecule has 4 rings (SSSR count). The van der Waals surface area contributed by atoms with Crippen molar-refractivity contribution in [3.8, 4) is 11.3 Å². The Kier molecular flexibility index (Phi) is 4.39. The van der Waals surface area contributed by atoms with E-state index in [0.29, 0.717) is 23.5 Å². The number of carbonyl (C=O) groups is 2. The van der Waals surface area contributed by atoms with Gasteiger partial charge in [-0.1, -0.05) is 30.3 Å². The third kappa shape index (κ3) is 3.18. The van der Waals surface area contributed by atoms with E-state index >= 15 is 0 Å². The molecule has 138 valence electrons. The van der Waals surface area contributed by atoms with Crippen molar-refractivity contribution < 1.29 is 9.59 Å². The molecule has 1 aliphatic rings. The molecule has 1 aliphatic carbocycles. The molecular formula is C21H22N4O2. The first kappa shape index (κ1) is 17.3. The molecule has 1 aromatic carbocycles. The molecule has 3 aromatic rings. The monoisotopic (exact) mass is 362 g/mol. The lowest BCUT2D eigenvalue weighted by molar-refractivity contribution is 0.0932. The van der Waals surface area contributed by atoms with Crippen molar-refractivity contribution >= 4 is 11.7 Å². The first-order valence-electron chi connectivity index (χ1n) is 9.20. The molecule has 27 heavy (non-hydrogen) atoms. The molecule has 0 fully saturated rings. The molecule has 0 unspecified atom stereocenters. The topological polar surface area (TPSA) is 90.6 Å². The van der Waals surface area contributed by atoms with E-state index in [1.807, 2.05) is 44.2 Å². The highest BCUT2D eigenvalue weighted by Crippen LogP contribution is 2.27. The smallest absolute Gasteiger partial charge is 0.268 e. The lowest BCUT2D eigenvalue weighted by atomic mass is 9.94. The summed E-state index contributed by atoms with van der Waals surface area (Å²) in [5, 5.41) is 2.97. The van der Waals surface area contributed by atoms with Crippen LogP contribution < -0.4 is 5.32 Å². The minimum absolute atomic E-state index is 0.121. The molecular weight excluding hydrogens is 340 g/mol. The number of carbonyl (C=O) groups excluding carboxylic acids is 2. The van der Waals surface area contributed by atoms with Gasteiger partial charge in [-0.3, -0.25) is 9.59 Å². The fourth-order valence-electron chi connectivity index (χ4n) is 3.66. The Morgan fingerprint density at radius 2 is 1.96 bits per heavy atom. The summed E-state index contributed by atoms with van der Waals surface area (Å²) in [6.45, 7) is 3.72. The number of imidazole rings is 1. The van der Waals surface area contributed by atoms with Crippen LogP contribution in [0.3, 0.4) is 0 Å². The summed E-state index contributed by atoms with van der Waals surface area (Å²) in [4.78, 5) is 35.7. The van der Waals surface area contributed by atoms with Gasteiger partial charge in [0.2, 0.25) is 0 Å². The fraction of sp³-hybridized carbons (Fsp3) is 0.286. The lowest BCUT2D eigenvalue weighted by Crippen LogP contribution is -2.28. The zero-order chi connectivity index (χ0) is 19.0. The van der Waals surface area contributed by atoms with Crippen LogP contribution in [0.2, 0.25) is 0 Å². The standard InChI is InChI=1S/C21H22N4O2/c1-12-18-15(9-6-10-17(18)26)24-19(12)21(27)23-13(2)20-22-11-16(25-20)14-7-4-3-5-8-14/h3-5,7-8,11,13,24H,6,9-10H2,1-2H3,(H,22,25)(H,23,27)/t13-/m1/s1. The van der Waals surface area contributed by atoms with Crippen LogP contribution in [0.4, 0.5) is 0 Å². The van der Waals surface area contributed by atoms with Crippen molar-refractivity contribution in [1.82, 2.24) is 20.3 Å². The number of H-pyrrole nitrogens is 2. The Morgan fingerprint density at radius 1 is 1.19 bits per heavy atom. The van der Waals surface area contributed by atoms with Crippen LogP contribution in [-0.2, 0) is 6.42 Å². The summed E-state index contributed by atoms with van der Waals surface area (Å²) < 4.78 is 0. The molecule has 2 aromatic heterocycles. The Balaban J connectivity index is 1.52. The van der Waals surface area contributed by atoms with E-state index in [4.69, 9.17) is 0 Å². The Morgan fingerprint density at radius 3 is 2.70 bits per heavy atom. The fourth-order valence-corrected chi connectivity index (χ4v) is 3.66. The number of fused-ring (bicyclic) bond motifs is 1. The average Bonchev–Trinajstić information content (AvgIpc) is 3.28. The molecule has 0 spiro atoms. The van der Waals surface area contributed by atoms with Gasteiger partial charge >= 0.3 is 0 Å². The Labute approximate surface area is 157 Å². The van der Waals surface area contributed by atoms with Crippen LogP contribution in [0.15, 0.2) is 36.5 Å². The molecule has 0 radical (unpaired) electrons. The number of aromatic nitrogens is 3. The number of nitrogens with one attached hydrogen (secondary N) is 3. The molecule has 0 bridgehead atoms. The highest BCUT2D eigenvalue weighted by molar-refractivity contribution is 6.04. The Hall–Kier alpha value is -3.15. The summed E-state index contributed by atoms with van der Waals surface area (Å²) in [5.74, 6) is 0.586. The van der Waals surface area contributed by atoms with Crippen molar-refractivity contribution in [3.05, 3.63) is 64.9 Å². The van der Waals surface area contributed by atoms with Crippen molar-refractivity contribution in [3.63, 3.8) is 0 Å². The minimum atomic E-state index is -0.287. The first-order valence-corrected chi connectivity index (χ1v) is 9.20. The number of benzene rings is 1. The van der Waals surface area contributed by atoms with Crippen molar-refractivity contribution in [2.45, 2.75) is 39.2 Å². The van der Waals surface area contributed by atoms with E-state index in [9.17, 15) is 9.59 Å². The maximum Gasteiger partial charge on any atom is 0.268 e. The van der Waals surface area contributed by atoms with E-state index < -0.39 is 0 Å². The number of aryl methyl sites for hydroxylation is 1. The number of ketones is 1. The van der Waals surface area contributed by atoms with Gasteiger partial charge in [-0.25, -0.2) is 4.98 Å². The lowest BCUT2D eigenvalue weighted by Gasteiger charge is -2.11. The second-order valence-corrected chi connectivity index (χ2v) is 7.00. The summed E-state index contributed by atoms with van der Waals surface area (Å²) in [7, 11) is 0. The van der Waals surface area contributed by atoms with Crippen LogP contribution >= 0.6 is 0 Å². The maximum atomic E-state index is 12.8. The zero-order valence-corrected chi connectivity index (χ0v) is 15.4. The third-order valence-corrected chi connectivity index (χ3v) is 5.10. The predicted molar refractivity (Wildman–Crippen MR) is 103 cm³/mol. The number of hydrogen-bond acceptors (Lipinski definition) is 3. The largest absolute Gasteiger partial charge is 0.354 e. The van der Waals surface area contributed by atoms with Crippen molar-refractivity contribution in [1.29, 1.82) is 0 Å². The van der Waals surface area contributed by atoms with Gasteiger partial charge in [0.1, 0.15) is 11.5 Å². The summed E-state index contributed by atoms with van der Waals surface area (Å²) in [5.41, 5.74) is 4.74. The van der Waals surface area contributed by atoms with Crippen molar-refractivity contribution in [2.75, 3.05) is 0 Å². The van der Waals surface area contributed by atoms with Crippen molar-refractivity contribution in [2.24, 2.45) is 0 Å². The molecule has 3 N–H and O–H groups in total. The van der Waals surface area contributed by atoms with Gasteiger partial charge < -0.3 is 15.3 Å². The van der Waals surface area contributed by atoms with Gasteiger partial charge in [0.25, 0.3) is 5.91 Å². The number of aromatic amines is 2. The second-order valence-electron chi connectivity index (χ2n) is 7.00. The van der Waals surface area contributed by atoms with Crippen LogP contribution in [0, 0.1) is 6.92 Å². The summed E-state index contributed by atoms with van der Waals surface area (Å²) in [6.07, 6.45) is 3.96. The van der Waals surface area contributed by atoms with Gasteiger partial charge in [0.05, 0.1) is 17.9 Å². The highest BCUT2D eigenvalue weighted by Gasteiger charge is 2.27. The van der Waals surface area contributed by atoms with Crippen LogP contribution in [-0.4, -0.2) is 26.6 Å². The van der Waals surface area contributed by atoms with E-state index in [0.717, 1.165) is 35.4 Å². The summed E-state index contributed by atoms with van der Waals surface area (Å²) >= 11 is 0. The molecule has 0 saturated heterocycles. The molecule has 2 heterocycles. The van der Waals surface area contributed by atoms with Gasteiger partial charge in [0.15, 0.2) is 5.78 Å². The molecule has 1 atom stereocenters. The molecule has 0 aliphatic heterocycles. The highest BCUT2D eigenvalue weighted by atomic mass is 16.2. The molecule has 0 saturated carbocycles. The number of rotatable bonds is 4. The SMILES string of the molecule is Cc1c(C(=O)N[C@H](C)c2ncc(-c3ccccc3)[nH]2)[nH]c2c1C(=O)CCC2. The number of amides is 1. The van der Waals surface area contributed by atoms with Gasteiger partial charge in [-0.15, -0.1) is 0 Å². The van der Waals surface area contributed by atoms with E-state index in [-0.39, 0.29) is 17.7 Å². The Bertz CT molecular complexity index is 1000. The number of nitrogens with zero attached hydrogens (tertiary/aromatic N) is 1. The predicted octanol–water partition coefficient (Wildman–Crippen LogP) is 3.72. The zero-order valence-electron chi connectivity index (χ0n) is 15.4. The van der Waals surface area contributed by atoms with Crippen LogP contribution in [0.1, 0.15) is 63.7 Å². The molecule has 6 heteroatoms. The molecule has 1 amide bonds. The van der Waals surface area contributed by atoms with Gasteiger partial charge in [0, 0.05) is 17.7 Å². The maximum absolute atomic E-state index is 12.8. The molecule has 6 nitrogen and oxygen atoms in total. The van der Waals surface area contributed by atoms with E-state index in [1.54, 1.807) is 6.20 Å². The van der Waals surface area contributed by atoms with Crippen LogP contribution in [0.25, 0.3) is 11.3 Å². The van der Waals surface area contributed by atoms with Gasteiger partial charge in [-0.05, 0) is 37.8 Å². The average molecular weight is 362 g/mol. The van der Waals surface area contributed by atoms with Gasteiger partial charge in [-0.2, -0.15) is 0 Å². The van der Waals surface area contributed by atoms with Crippen LogP contribution in [0.5, 0.6) is 0 Å². The number of hydrogen-bond donors (Lipinski definition) is 3. The third-order valence-electron chi connectivity index (χ3n) is 5.10. The van der Waals surface area contributed by atoms with E-state index in [2.05, 4.69) is 20.3 Å². The minimum Gasteiger partial charge on any atom is -0.354 e. The van der Waals surface area contributed by atoms with E-state index in [1.165, 1.54) is 0 Å². The second kappa shape index (κ2) is 6.87. The normalized spacial score (nSPS) is 14.7.